The summed E-state index contributed by atoms with van der Waals surface area (Å²) in [5, 5.41) is 19.5. The smallest absolute Gasteiger partial charge is 0.306 e. The fraction of sp³-hybridized carbons (Fsp3) is 0.286. The number of aliphatic carboxylic acids is 1. The Bertz CT molecular complexity index is 1760. The van der Waals surface area contributed by atoms with Crippen LogP contribution >= 0.6 is 0 Å². The number of piperidine rings is 1. The Morgan fingerprint density at radius 1 is 1.08 bits per heavy atom. The molecular weight excluding hydrogens is 490 g/mol. The van der Waals surface area contributed by atoms with Gasteiger partial charge in [0.2, 0.25) is 0 Å². The van der Waals surface area contributed by atoms with Crippen LogP contribution in [0.25, 0.3) is 38.8 Å². The topological polar surface area (TPSA) is 89.1 Å². The number of rotatable bonds is 4. The molecule has 2 aliphatic rings. The highest BCUT2D eigenvalue weighted by Crippen LogP contribution is 2.44. The van der Waals surface area contributed by atoms with E-state index in [4.69, 9.17) is 10.1 Å². The molecule has 7 rings (SSSR count). The van der Waals surface area contributed by atoms with Crippen molar-refractivity contribution in [3.63, 3.8) is 0 Å². The molecule has 1 saturated heterocycles. The number of aromatic nitrogens is 5. The van der Waals surface area contributed by atoms with Crippen LogP contribution in [0.4, 0.5) is 14.6 Å². The summed E-state index contributed by atoms with van der Waals surface area (Å²) in [6, 6.07) is 10.6. The molecule has 0 radical (unpaired) electrons. The van der Waals surface area contributed by atoms with Crippen LogP contribution in [0.2, 0.25) is 0 Å². The van der Waals surface area contributed by atoms with Gasteiger partial charge in [-0.05, 0) is 43.4 Å². The molecule has 1 N–H and O–H groups in total. The lowest BCUT2D eigenvalue weighted by Gasteiger charge is -2.30. The van der Waals surface area contributed by atoms with Gasteiger partial charge in [0.1, 0.15) is 22.8 Å². The van der Waals surface area contributed by atoms with Gasteiger partial charge in [0, 0.05) is 48.2 Å². The van der Waals surface area contributed by atoms with E-state index in [0.717, 1.165) is 34.8 Å². The molecule has 3 aromatic heterocycles. The number of hydrogen-bond acceptors (Lipinski definition) is 5. The third kappa shape index (κ3) is 3.25. The Balaban J connectivity index is 1.32. The maximum atomic E-state index is 15.3. The fourth-order valence-electron chi connectivity index (χ4n) is 6.39. The fourth-order valence-corrected chi connectivity index (χ4v) is 6.39. The van der Waals surface area contributed by atoms with Gasteiger partial charge in [-0.2, -0.15) is 10.2 Å². The molecular formula is C28H24F2N6O2. The van der Waals surface area contributed by atoms with E-state index in [1.54, 1.807) is 24.1 Å². The average Bonchev–Trinajstić information content (AvgIpc) is 3.67. The third-order valence-electron chi connectivity index (χ3n) is 8.09. The molecule has 1 aliphatic heterocycles. The maximum Gasteiger partial charge on any atom is 0.306 e. The number of carboxylic acid groups (broad SMARTS) is 1. The minimum atomic E-state index is -0.716. The molecule has 1 saturated carbocycles. The van der Waals surface area contributed by atoms with Crippen LogP contribution in [0.5, 0.6) is 0 Å². The highest BCUT2D eigenvalue weighted by Gasteiger charge is 2.48. The number of fused-ring (bicyclic) bond motifs is 4. The van der Waals surface area contributed by atoms with Gasteiger partial charge >= 0.3 is 5.97 Å². The SMILES string of the molecule is Cc1cccc2c(-c3c(F)cc(F)c4nn(C)cc34)nn(-c3ccc(N4C[C@H]5C[C@@H]4C[C@@H]5C(=O)O)nc3)c12. The lowest BCUT2D eigenvalue weighted by atomic mass is 9.95. The van der Waals surface area contributed by atoms with Gasteiger partial charge in [0.25, 0.3) is 0 Å². The largest absolute Gasteiger partial charge is 0.481 e. The van der Waals surface area contributed by atoms with Crippen LogP contribution < -0.4 is 4.90 Å². The van der Waals surface area contributed by atoms with E-state index in [9.17, 15) is 14.3 Å². The zero-order valence-electron chi connectivity index (χ0n) is 20.8. The first-order chi connectivity index (χ1) is 18.3. The molecule has 4 heterocycles. The van der Waals surface area contributed by atoms with Crippen molar-refractivity contribution in [2.75, 3.05) is 11.4 Å². The van der Waals surface area contributed by atoms with Crippen molar-refractivity contribution >= 4 is 33.6 Å². The highest BCUT2D eigenvalue weighted by molar-refractivity contribution is 6.04. The number of benzene rings is 2. The molecule has 2 aromatic carbocycles. The van der Waals surface area contributed by atoms with E-state index in [1.807, 2.05) is 37.3 Å². The van der Waals surface area contributed by atoms with Crippen LogP contribution in [-0.4, -0.2) is 48.2 Å². The van der Waals surface area contributed by atoms with Gasteiger partial charge in [-0.1, -0.05) is 18.2 Å². The Morgan fingerprint density at radius 2 is 1.92 bits per heavy atom. The summed E-state index contributed by atoms with van der Waals surface area (Å²) in [4.78, 5) is 18.4. The van der Waals surface area contributed by atoms with Gasteiger partial charge in [-0.15, -0.1) is 0 Å². The van der Waals surface area contributed by atoms with E-state index in [1.165, 1.54) is 4.68 Å². The monoisotopic (exact) mass is 514 g/mol. The van der Waals surface area contributed by atoms with Crippen LogP contribution in [0.15, 0.2) is 48.8 Å². The average molecular weight is 515 g/mol. The summed E-state index contributed by atoms with van der Waals surface area (Å²) in [5.41, 5.74) is 3.16. The number of para-hydroxylation sites is 1. The van der Waals surface area contributed by atoms with E-state index < -0.39 is 17.6 Å². The molecule has 192 valence electrons. The third-order valence-corrected chi connectivity index (χ3v) is 8.09. The summed E-state index contributed by atoms with van der Waals surface area (Å²) in [7, 11) is 1.67. The van der Waals surface area contributed by atoms with Gasteiger partial charge in [-0.3, -0.25) is 9.48 Å². The molecule has 2 bridgehead atoms. The molecule has 0 amide bonds. The molecule has 5 aromatic rings. The first-order valence-corrected chi connectivity index (χ1v) is 12.6. The van der Waals surface area contributed by atoms with E-state index in [-0.39, 0.29) is 29.0 Å². The van der Waals surface area contributed by atoms with Gasteiger partial charge in [-0.25, -0.2) is 18.4 Å². The van der Waals surface area contributed by atoms with Gasteiger partial charge in [0.05, 0.1) is 23.3 Å². The summed E-state index contributed by atoms with van der Waals surface area (Å²) in [5.74, 6) is -1.45. The second-order valence-corrected chi connectivity index (χ2v) is 10.4. The minimum absolute atomic E-state index is 0.0929. The van der Waals surface area contributed by atoms with E-state index in [2.05, 4.69) is 10.00 Å². The van der Waals surface area contributed by atoms with Crippen molar-refractivity contribution in [2.45, 2.75) is 25.8 Å². The maximum absolute atomic E-state index is 15.3. The zero-order chi connectivity index (χ0) is 26.3. The van der Waals surface area contributed by atoms with Crippen LogP contribution in [0.1, 0.15) is 18.4 Å². The van der Waals surface area contributed by atoms with Crippen LogP contribution in [0.3, 0.4) is 0 Å². The van der Waals surface area contributed by atoms with Crippen molar-refractivity contribution in [3.8, 4) is 16.9 Å². The molecule has 1 aliphatic carbocycles. The minimum Gasteiger partial charge on any atom is -0.481 e. The predicted molar refractivity (Wildman–Crippen MR) is 138 cm³/mol. The zero-order valence-corrected chi connectivity index (χ0v) is 20.8. The molecule has 10 heteroatoms. The first-order valence-electron chi connectivity index (χ1n) is 12.6. The number of carboxylic acids is 1. The summed E-state index contributed by atoms with van der Waals surface area (Å²) >= 11 is 0. The lowest BCUT2D eigenvalue weighted by Crippen LogP contribution is -2.38. The van der Waals surface area contributed by atoms with Crippen molar-refractivity contribution < 1.29 is 18.7 Å². The number of pyridine rings is 1. The van der Waals surface area contributed by atoms with Crippen molar-refractivity contribution in [3.05, 3.63) is 66.0 Å². The molecule has 2 fully saturated rings. The number of aryl methyl sites for hydroxylation is 2. The number of hydrogen-bond donors (Lipinski definition) is 1. The molecule has 0 spiro atoms. The van der Waals surface area contributed by atoms with Crippen molar-refractivity contribution in [1.82, 2.24) is 24.5 Å². The summed E-state index contributed by atoms with van der Waals surface area (Å²) in [6.45, 7) is 2.65. The van der Waals surface area contributed by atoms with E-state index in [0.29, 0.717) is 29.7 Å². The summed E-state index contributed by atoms with van der Waals surface area (Å²) < 4.78 is 33.0. The molecule has 38 heavy (non-hydrogen) atoms. The van der Waals surface area contributed by atoms with Gasteiger partial charge in [0.15, 0.2) is 5.82 Å². The number of carbonyl (C=O) groups is 1. The van der Waals surface area contributed by atoms with Crippen LogP contribution in [0, 0.1) is 30.4 Å². The Labute approximate surface area is 216 Å². The van der Waals surface area contributed by atoms with Crippen molar-refractivity contribution in [2.24, 2.45) is 18.9 Å². The Morgan fingerprint density at radius 3 is 2.63 bits per heavy atom. The lowest BCUT2D eigenvalue weighted by molar-refractivity contribution is -0.143. The first kappa shape index (κ1) is 22.8. The van der Waals surface area contributed by atoms with Crippen LogP contribution in [-0.2, 0) is 11.8 Å². The second kappa shape index (κ2) is 8.08. The summed E-state index contributed by atoms with van der Waals surface area (Å²) in [6.07, 6.45) is 4.85. The predicted octanol–water partition coefficient (Wildman–Crippen LogP) is 4.86. The molecule has 0 unspecified atom stereocenters. The normalized spacial score (nSPS) is 20.7. The Kier molecular flexibility index (Phi) is 4.85. The van der Waals surface area contributed by atoms with E-state index >= 15 is 4.39 Å². The molecule has 3 atom stereocenters. The Hall–Kier alpha value is -4.34. The highest BCUT2D eigenvalue weighted by atomic mass is 19.1. The van der Waals surface area contributed by atoms with Gasteiger partial charge < -0.3 is 10.0 Å². The number of halogens is 2. The molecule has 8 nitrogen and oxygen atoms in total. The standard InChI is InChI=1S/C28H24F2N6O2/c1-14-4-3-5-18-26(24-20-13-34(2)32-25(20)22(30)10-21(24)29)33-36(27(14)18)16-6-7-23(31-11-16)35-12-15-8-17(35)9-19(15)28(37)38/h3-7,10-11,13,15,17,19H,8-9,12H2,1-2H3,(H,37,38)/t15-,17-,19+/m1/s1. The quantitative estimate of drug-likeness (QED) is 0.369. The second-order valence-electron chi connectivity index (χ2n) is 10.4. The van der Waals surface area contributed by atoms with Crippen molar-refractivity contribution in [1.29, 1.82) is 0 Å². The number of anilines is 1. The number of nitrogens with zero attached hydrogens (tertiary/aromatic N) is 6.